The van der Waals surface area contributed by atoms with Crippen LogP contribution in [0.15, 0.2) is 54.3 Å². The van der Waals surface area contributed by atoms with E-state index in [1.807, 2.05) is 21.1 Å². The van der Waals surface area contributed by atoms with E-state index in [0.717, 1.165) is 11.0 Å². The number of quaternary nitrogens is 1. The van der Waals surface area contributed by atoms with Crippen molar-refractivity contribution < 1.29 is 27.6 Å². The number of halogens is 3. The standard InChI is InChI=1S/C21H27F3N2O2/c1-19(2,15-26(3,4)5)20(21(22,23)24)13-9-12-17(14-20)25(18(27)28)16-10-7-6-8-11-16/h6-12,14H,13,15H2,1-5H3. The Morgan fingerprint density at radius 1 is 1.18 bits per heavy atom. The number of para-hydroxylation sites is 1. The first-order valence-corrected chi connectivity index (χ1v) is 9.03. The largest absolute Gasteiger partial charge is 0.529 e. The summed E-state index contributed by atoms with van der Waals surface area (Å²) in [5, 5.41) is 11.8. The Morgan fingerprint density at radius 2 is 1.75 bits per heavy atom. The quantitative estimate of drug-likeness (QED) is 0.707. The third-order valence-corrected chi connectivity index (χ3v) is 5.16. The van der Waals surface area contributed by atoms with Gasteiger partial charge in [0.1, 0.15) is 11.5 Å². The zero-order chi connectivity index (χ0) is 21.4. The van der Waals surface area contributed by atoms with Gasteiger partial charge in [-0.1, -0.05) is 38.1 Å². The molecule has 0 saturated heterocycles. The van der Waals surface area contributed by atoms with Crippen LogP contribution in [0.2, 0.25) is 0 Å². The molecular formula is C21H27F3N2O2. The Balaban J connectivity index is 2.65. The summed E-state index contributed by atoms with van der Waals surface area (Å²) in [6.07, 6.45) is -2.51. The highest BCUT2D eigenvalue weighted by Gasteiger charge is 2.63. The molecule has 154 valence electrons. The van der Waals surface area contributed by atoms with E-state index < -0.39 is 23.1 Å². The van der Waals surface area contributed by atoms with E-state index in [2.05, 4.69) is 0 Å². The van der Waals surface area contributed by atoms with Crippen LogP contribution in [-0.2, 0) is 0 Å². The van der Waals surface area contributed by atoms with Crippen LogP contribution in [0.3, 0.4) is 0 Å². The highest BCUT2D eigenvalue weighted by atomic mass is 19.4. The van der Waals surface area contributed by atoms with Gasteiger partial charge in [0.15, 0.2) is 0 Å². The molecule has 1 aliphatic carbocycles. The molecule has 1 aromatic carbocycles. The number of allylic oxidation sites excluding steroid dienone is 3. The van der Waals surface area contributed by atoms with Gasteiger partial charge in [-0.15, -0.1) is 0 Å². The number of rotatable bonds is 5. The van der Waals surface area contributed by atoms with E-state index in [-0.39, 0.29) is 24.4 Å². The summed E-state index contributed by atoms with van der Waals surface area (Å²) < 4.78 is 43.7. The zero-order valence-electron chi connectivity index (χ0n) is 16.9. The second kappa shape index (κ2) is 7.28. The maximum atomic E-state index is 14.4. The van der Waals surface area contributed by atoms with Crippen molar-refractivity contribution in [3.63, 3.8) is 0 Å². The fraction of sp³-hybridized carbons (Fsp3) is 0.476. The third kappa shape index (κ3) is 4.24. The number of alkyl halides is 3. The van der Waals surface area contributed by atoms with Crippen LogP contribution >= 0.6 is 0 Å². The molecular weight excluding hydrogens is 369 g/mol. The van der Waals surface area contributed by atoms with Gasteiger partial charge < -0.3 is 14.4 Å². The van der Waals surface area contributed by atoms with Gasteiger partial charge in [0.2, 0.25) is 0 Å². The normalized spacial score (nSPS) is 20.6. The van der Waals surface area contributed by atoms with E-state index in [0.29, 0.717) is 4.48 Å². The summed E-state index contributed by atoms with van der Waals surface area (Å²) in [6, 6.07) is 7.98. The number of benzene rings is 1. The fourth-order valence-electron chi connectivity index (χ4n) is 4.18. The molecule has 2 rings (SSSR count). The van der Waals surface area contributed by atoms with Crippen molar-refractivity contribution in [1.82, 2.24) is 0 Å². The molecule has 0 spiro atoms. The number of nitrogens with zero attached hydrogens (tertiary/aromatic N) is 2. The molecule has 0 aromatic heterocycles. The number of amides is 1. The minimum atomic E-state index is -4.56. The van der Waals surface area contributed by atoms with E-state index in [1.165, 1.54) is 24.3 Å². The van der Waals surface area contributed by atoms with Crippen molar-refractivity contribution in [3.05, 3.63) is 54.3 Å². The molecule has 0 aliphatic heterocycles. The third-order valence-electron chi connectivity index (χ3n) is 5.16. The van der Waals surface area contributed by atoms with Gasteiger partial charge in [0.05, 0.1) is 27.7 Å². The first-order valence-electron chi connectivity index (χ1n) is 9.03. The second-order valence-electron chi connectivity index (χ2n) is 8.91. The molecule has 4 nitrogen and oxygen atoms in total. The van der Waals surface area contributed by atoms with Crippen LogP contribution in [0.25, 0.3) is 0 Å². The summed E-state index contributed by atoms with van der Waals surface area (Å²) >= 11 is 0. The van der Waals surface area contributed by atoms with E-state index in [4.69, 9.17) is 0 Å². The number of carbonyl (C=O) groups is 1. The number of hydrogen-bond acceptors (Lipinski definition) is 2. The van der Waals surface area contributed by atoms with Crippen molar-refractivity contribution in [1.29, 1.82) is 0 Å². The topological polar surface area (TPSA) is 43.4 Å². The van der Waals surface area contributed by atoms with Gasteiger partial charge in [-0.2, -0.15) is 13.2 Å². The fourth-order valence-corrected chi connectivity index (χ4v) is 4.18. The van der Waals surface area contributed by atoms with E-state index in [1.54, 1.807) is 32.0 Å². The molecule has 0 bridgehead atoms. The lowest BCUT2D eigenvalue weighted by atomic mass is 9.60. The summed E-state index contributed by atoms with van der Waals surface area (Å²) in [5.41, 5.74) is -3.21. The minimum absolute atomic E-state index is 0.0516. The number of anilines is 1. The lowest BCUT2D eigenvalue weighted by molar-refractivity contribution is -0.878. The SMILES string of the molecule is CC(C)(C[N+](C)(C)C)C1(C(F)(F)F)C=C(N(C(=O)[O-])c2ccccc2)C=CC1. The van der Waals surface area contributed by atoms with Gasteiger partial charge >= 0.3 is 6.18 Å². The number of hydrogen-bond donors (Lipinski definition) is 0. The van der Waals surface area contributed by atoms with Crippen molar-refractivity contribution in [2.75, 3.05) is 32.6 Å². The average molecular weight is 396 g/mol. The Hall–Kier alpha value is -2.28. The molecule has 1 amide bonds. The summed E-state index contributed by atoms with van der Waals surface area (Å²) in [6.45, 7) is 3.42. The molecule has 0 fully saturated rings. The van der Waals surface area contributed by atoms with Gasteiger partial charge in [-0.05, 0) is 30.7 Å². The van der Waals surface area contributed by atoms with Crippen molar-refractivity contribution in [2.24, 2.45) is 10.8 Å². The van der Waals surface area contributed by atoms with Crippen molar-refractivity contribution in [2.45, 2.75) is 26.4 Å². The van der Waals surface area contributed by atoms with Crippen LogP contribution in [0.1, 0.15) is 20.3 Å². The van der Waals surface area contributed by atoms with E-state index >= 15 is 0 Å². The maximum absolute atomic E-state index is 14.4. The highest BCUT2D eigenvalue weighted by molar-refractivity contribution is 5.89. The van der Waals surface area contributed by atoms with Crippen LogP contribution in [-0.4, -0.2) is 44.4 Å². The highest BCUT2D eigenvalue weighted by Crippen LogP contribution is 2.57. The Labute approximate surface area is 164 Å². The Morgan fingerprint density at radius 3 is 2.21 bits per heavy atom. The molecule has 1 unspecified atom stereocenters. The Bertz CT molecular complexity index is 777. The van der Waals surface area contributed by atoms with Gasteiger partial charge in [0.25, 0.3) is 0 Å². The summed E-state index contributed by atoms with van der Waals surface area (Å²) in [4.78, 5) is 12.6. The minimum Gasteiger partial charge on any atom is -0.529 e. The van der Waals surface area contributed by atoms with E-state index in [9.17, 15) is 23.1 Å². The van der Waals surface area contributed by atoms with Crippen LogP contribution in [0, 0.1) is 10.8 Å². The van der Waals surface area contributed by atoms with Crippen LogP contribution < -0.4 is 10.0 Å². The number of carboxylic acid groups (broad SMARTS) is 1. The molecule has 1 aliphatic rings. The molecule has 0 radical (unpaired) electrons. The first kappa shape index (κ1) is 22.0. The van der Waals surface area contributed by atoms with Crippen molar-refractivity contribution >= 4 is 11.8 Å². The van der Waals surface area contributed by atoms with Crippen LogP contribution in [0.5, 0.6) is 0 Å². The van der Waals surface area contributed by atoms with Crippen LogP contribution in [0.4, 0.5) is 23.7 Å². The predicted octanol–water partition coefficient (Wildman–Crippen LogP) is 3.96. The second-order valence-corrected chi connectivity index (χ2v) is 8.91. The molecule has 1 atom stereocenters. The molecule has 0 heterocycles. The smallest absolute Gasteiger partial charge is 0.398 e. The van der Waals surface area contributed by atoms with Gasteiger partial charge in [-0.25, -0.2) is 0 Å². The zero-order valence-corrected chi connectivity index (χ0v) is 16.9. The van der Waals surface area contributed by atoms with Gasteiger partial charge in [0, 0.05) is 16.8 Å². The molecule has 0 N–H and O–H groups in total. The lowest BCUT2D eigenvalue weighted by Gasteiger charge is -2.49. The monoisotopic (exact) mass is 396 g/mol. The Kier molecular flexibility index (Phi) is 5.72. The summed E-state index contributed by atoms with van der Waals surface area (Å²) in [5.74, 6) is 0. The van der Waals surface area contributed by atoms with Crippen molar-refractivity contribution in [3.8, 4) is 0 Å². The van der Waals surface area contributed by atoms with Gasteiger partial charge in [-0.3, -0.25) is 4.90 Å². The maximum Gasteiger partial charge on any atom is 0.398 e. The predicted molar refractivity (Wildman–Crippen MR) is 101 cm³/mol. The average Bonchev–Trinajstić information content (AvgIpc) is 2.52. The molecule has 7 heteroatoms. The lowest BCUT2D eigenvalue weighted by Crippen LogP contribution is -2.56. The molecule has 1 aromatic rings. The summed E-state index contributed by atoms with van der Waals surface area (Å²) in [7, 11) is 5.52. The number of carbonyl (C=O) groups excluding carboxylic acids is 1. The molecule has 0 saturated carbocycles. The molecule has 28 heavy (non-hydrogen) atoms. The first-order chi connectivity index (χ1) is 12.7.